The summed E-state index contributed by atoms with van der Waals surface area (Å²) in [5.74, 6) is 0.557. The van der Waals surface area contributed by atoms with E-state index in [2.05, 4.69) is 13.8 Å². The van der Waals surface area contributed by atoms with E-state index in [1.807, 2.05) is 6.92 Å². The van der Waals surface area contributed by atoms with Gasteiger partial charge in [-0.3, -0.25) is 9.59 Å². The van der Waals surface area contributed by atoms with Gasteiger partial charge in [0.1, 0.15) is 6.54 Å². The van der Waals surface area contributed by atoms with E-state index < -0.39 is 5.97 Å². The summed E-state index contributed by atoms with van der Waals surface area (Å²) in [4.78, 5) is 24.5. The van der Waals surface area contributed by atoms with Crippen molar-refractivity contribution >= 4 is 11.9 Å². The Hall–Kier alpha value is -1.06. The van der Waals surface area contributed by atoms with Crippen molar-refractivity contribution in [3.63, 3.8) is 0 Å². The molecule has 1 aliphatic rings. The van der Waals surface area contributed by atoms with Crippen molar-refractivity contribution in [2.45, 2.75) is 65.7 Å². The molecule has 0 aromatic rings. The summed E-state index contributed by atoms with van der Waals surface area (Å²) in [5.41, 5.74) is -0.362. The molecule has 4 heteroatoms. The molecule has 0 saturated heterocycles. The Bertz CT molecular complexity index is 357. The van der Waals surface area contributed by atoms with E-state index >= 15 is 0 Å². The molecular weight excluding hydrogens is 266 g/mol. The minimum atomic E-state index is -0.947. The maximum atomic E-state index is 12.4. The largest absolute Gasteiger partial charge is 0.480 e. The van der Waals surface area contributed by atoms with E-state index in [1.165, 1.54) is 24.2 Å². The molecule has 21 heavy (non-hydrogen) atoms. The number of hydrogen-bond acceptors (Lipinski definition) is 2. The van der Waals surface area contributed by atoms with Gasteiger partial charge in [-0.2, -0.15) is 0 Å². The quantitative estimate of drug-likeness (QED) is 0.781. The first-order chi connectivity index (χ1) is 9.74. The number of carboxylic acid groups (broad SMARTS) is 1. The lowest BCUT2D eigenvalue weighted by Gasteiger charge is -2.38. The Labute approximate surface area is 128 Å². The average Bonchev–Trinajstić information content (AvgIpc) is 2.39. The predicted octanol–water partition coefficient (Wildman–Crippen LogP) is 3.55. The highest BCUT2D eigenvalue weighted by Crippen LogP contribution is 2.41. The van der Waals surface area contributed by atoms with E-state index in [1.54, 1.807) is 7.05 Å². The molecule has 1 amide bonds. The second-order valence-electron chi connectivity index (χ2n) is 7.38. The van der Waals surface area contributed by atoms with Crippen LogP contribution in [0, 0.1) is 17.3 Å². The SMILES string of the molecule is CC(C)CCC[C@H]1CC[C@](C)(C(=O)N(C)CC(=O)O)CC1. The van der Waals surface area contributed by atoms with Gasteiger partial charge in [-0.25, -0.2) is 0 Å². The van der Waals surface area contributed by atoms with Crippen LogP contribution in [-0.4, -0.2) is 35.5 Å². The Kier molecular flexibility index (Phi) is 6.69. The summed E-state index contributed by atoms with van der Waals surface area (Å²) in [5, 5.41) is 8.81. The number of amides is 1. The Morgan fingerprint density at radius 3 is 2.33 bits per heavy atom. The summed E-state index contributed by atoms with van der Waals surface area (Å²) < 4.78 is 0. The summed E-state index contributed by atoms with van der Waals surface area (Å²) in [7, 11) is 1.59. The molecule has 0 aromatic carbocycles. The molecule has 0 spiro atoms. The van der Waals surface area contributed by atoms with Gasteiger partial charge in [-0.1, -0.05) is 40.0 Å². The van der Waals surface area contributed by atoms with Crippen molar-refractivity contribution in [2.75, 3.05) is 13.6 Å². The van der Waals surface area contributed by atoms with Crippen LogP contribution in [0.5, 0.6) is 0 Å². The predicted molar refractivity (Wildman–Crippen MR) is 84.0 cm³/mol. The molecule has 122 valence electrons. The molecule has 0 unspecified atom stereocenters. The molecule has 4 nitrogen and oxygen atoms in total. The minimum absolute atomic E-state index is 0.00877. The Morgan fingerprint density at radius 2 is 1.86 bits per heavy atom. The fraction of sp³-hybridized carbons (Fsp3) is 0.882. The van der Waals surface area contributed by atoms with Crippen LogP contribution in [0.1, 0.15) is 65.7 Å². The second kappa shape index (κ2) is 7.81. The van der Waals surface area contributed by atoms with Crippen LogP contribution in [0.25, 0.3) is 0 Å². The lowest BCUT2D eigenvalue weighted by atomic mass is 9.70. The normalized spacial score (nSPS) is 25.9. The summed E-state index contributed by atoms with van der Waals surface area (Å²) in [6.45, 7) is 6.31. The number of nitrogens with zero attached hydrogens (tertiary/aromatic N) is 1. The molecule has 0 radical (unpaired) electrons. The zero-order chi connectivity index (χ0) is 16.0. The molecule has 1 rings (SSSR count). The van der Waals surface area contributed by atoms with E-state index in [9.17, 15) is 9.59 Å². The van der Waals surface area contributed by atoms with Crippen LogP contribution < -0.4 is 0 Å². The van der Waals surface area contributed by atoms with Gasteiger partial charge < -0.3 is 10.0 Å². The van der Waals surface area contributed by atoms with Gasteiger partial charge in [0.15, 0.2) is 0 Å². The first-order valence-corrected chi connectivity index (χ1v) is 8.22. The Balaban J connectivity index is 2.42. The first kappa shape index (κ1) is 18.0. The number of likely N-dealkylation sites (N-methyl/N-ethyl adjacent to an activating group) is 1. The average molecular weight is 297 g/mol. The smallest absolute Gasteiger partial charge is 0.323 e. The number of carbonyl (C=O) groups excluding carboxylic acids is 1. The summed E-state index contributed by atoms with van der Waals surface area (Å²) >= 11 is 0. The molecule has 1 N–H and O–H groups in total. The van der Waals surface area contributed by atoms with Gasteiger partial charge in [0.25, 0.3) is 0 Å². The highest BCUT2D eigenvalue weighted by Gasteiger charge is 2.39. The monoisotopic (exact) mass is 297 g/mol. The summed E-state index contributed by atoms with van der Waals surface area (Å²) in [6, 6.07) is 0. The number of hydrogen-bond donors (Lipinski definition) is 1. The van der Waals surface area contributed by atoms with Crippen LogP contribution in [-0.2, 0) is 9.59 Å². The molecular formula is C17H31NO3. The first-order valence-electron chi connectivity index (χ1n) is 8.22. The maximum Gasteiger partial charge on any atom is 0.323 e. The van der Waals surface area contributed by atoms with E-state index in [0.717, 1.165) is 37.5 Å². The minimum Gasteiger partial charge on any atom is -0.480 e. The highest BCUT2D eigenvalue weighted by molar-refractivity contribution is 5.85. The van der Waals surface area contributed by atoms with Crippen molar-refractivity contribution in [1.29, 1.82) is 0 Å². The molecule has 1 aliphatic carbocycles. The lowest BCUT2D eigenvalue weighted by Crippen LogP contribution is -2.44. The standard InChI is InChI=1S/C17H31NO3/c1-13(2)6-5-7-14-8-10-17(3,11-9-14)16(21)18(4)12-15(19)20/h13-14H,5-12H2,1-4H3,(H,19,20)/t14-,17-. The number of carboxylic acids is 1. The molecule has 1 fully saturated rings. The van der Waals surface area contributed by atoms with Crippen LogP contribution in [0.3, 0.4) is 0 Å². The van der Waals surface area contributed by atoms with Crippen molar-refractivity contribution < 1.29 is 14.7 Å². The fourth-order valence-electron chi connectivity index (χ4n) is 3.37. The van der Waals surface area contributed by atoms with Crippen molar-refractivity contribution in [3.05, 3.63) is 0 Å². The third-order valence-electron chi connectivity index (χ3n) is 4.84. The van der Waals surface area contributed by atoms with Gasteiger partial charge in [0, 0.05) is 12.5 Å². The zero-order valence-corrected chi connectivity index (χ0v) is 14.0. The third-order valence-corrected chi connectivity index (χ3v) is 4.84. The highest BCUT2D eigenvalue weighted by atomic mass is 16.4. The van der Waals surface area contributed by atoms with E-state index in [-0.39, 0.29) is 17.9 Å². The number of rotatable bonds is 7. The van der Waals surface area contributed by atoms with Crippen molar-refractivity contribution in [3.8, 4) is 0 Å². The van der Waals surface area contributed by atoms with Crippen molar-refractivity contribution in [2.24, 2.45) is 17.3 Å². The molecule has 0 aliphatic heterocycles. The van der Waals surface area contributed by atoms with Gasteiger partial charge >= 0.3 is 5.97 Å². The molecule has 0 bridgehead atoms. The van der Waals surface area contributed by atoms with Gasteiger partial charge in [0.2, 0.25) is 5.91 Å². The maximum absolute atomic E-state index is 12.4. The van der Waals surface area contributed by atoms with Crippen LogP contribution in [0.15, 0.2) is 0 Å². The zero-order valence-electron chi connectivity index (χ0n) is 14.0. The lowest BCUT2D eigenvalue weighted by molar-refractivity contribution is -0.149. The second-order valence-corrected chi connectivity index (χ2v) is 7.38. The fourth-order valence-corrected chi connectivity index (χ4v) is 3.37. The molecule has 0 atom stereocenters. The van der Waals surface area contributed by atoms with Gasteiger partial charge in [-0.05, 0) is 37.5 Å². The van der Waals surface area contributed by atoms with Crippen molar-refractivity contribution in [1.82, 2.24) is 4.90 Å². The topological polar surface area (TPSA) is 57.6 Å². The van der Waals surface area contributed by atoms with Gasteiger partial charge in [0.05, 0.1) is 0 Å². The molecule has 0 heterocycles. The van der Waals surface area contributed by atoms with Crippen LogP contribution >= 0.6 is 0 Å². The third kappa shape index (κ3) is 5.68. The summed E-state index contributed by atoms with van der Waals surface area (Å²) in [6.07, 6.45) is 7.82. The van der Waals surface area contributed by atoms with E-state index in [4.69, 9.17) is 5.11 Å². The van der Waals surface area contributed by atoms with Gasteiger partial charge in [-0.15, -0.1) is 0 Å². The van der Waals surface area contributed by atoms with E-state index in [0.29, 0.717) is 0 Å². The number of aliphatic carboxylic acids is 1. The number of carbonyl (C=O) groups is 2. The van der Waals surface area contributed by atoms with Crippen LogP contribution in [0.4, 0.5) is 0 Å². The Morgan fingerprint density at radius 1 is 1.29 bits per heavy atom. The molecule has 1 saturated carbocycles. The molecule has 0 aromatic heterocycles. The van der Waals surface area contributed by atoms with Crippen LogP contribution in [0.2, 0.25) is 0 Å².